The Balaban J connectivity index is 1.03. The first kappa shape index (κ1) is 20.7. The second kappa shape index (κ2) is 8.79. The molecule has 4 aliphatic rings. The lowest BCUT2D eigenvalue weighted by Crippen LogP contribution is -2.37. The van der Waals surface area contributed by atoms with Crippen molar-refractivity contribution in [3.8, 4) is 11.5 Å². The smallest absolute Gasteiger partial charge is 0.156 e. The predicted octanol–water partition coefficient (Wildman–Crippen LogP) is 4.09. The Morgan fingerprint density at radius 3 is 2.72 bits per heavy atom. The molecule has 4 heterocycles. The van der Waals surface area contributed by atoms with Gasteiger partial charge in [-0.1, -0.05) is 18.9 Å². The molecule has 1 unspecified atom stereocenters. The molecule has 6 rings (SSSR count). The number of aryl methyl sites for hydroxylation is 1. The monoisotopic (exact) mass is 434 g/mol. The Labute approximate surface area is 192 Å². The maximum absolute atomic E-state index is 4.98. The van der Waals surface area contributed by atoms with Crippen molar-refractivity contribution in [3.63, 3.8) is 0 Å². The van der Waals surface area contributed by atoms with Gasteiger partial charge in [0.2, 0.25) is 0 Å². The molecule has 6 heteroatoms. The van der Waals surface area contributed by atoms with Gasteiger partial charge in [0, 0.05) is 43.3 Å². The highest BCUT2D eigenvalue weighted by atomic mass is 15.2. The number of nitrogens with one attached hydrogen (secondary N) is 2. The van der Waals surface area contributed by atoms with Crippen LogP contribution in [0.1, 0.15) is 68.7 Å². The van der Waals surface area contributed by atoms with E-state index in [1.54, 1.807) is 0 Å². The Hall–Kier alpha value is -1.92. The minimum Gasteiger partial charge on any atom is -0.355 e. The summed E-state index contributed by atoms with van der Waals surface area (Å²) in [5.41, 5.74) is 3.42. The number of likely N-dealkylation sites (tertiary alicyclic amines) is 1. The molecule has 2 N–H and O–H groups in total. The fourth-order valence-corrected chi connectivity index (χ4v) is 6.18. The third-order valence-electron chi connectivity index (χ3n) is 8.23. The lowest BCUT2D eigenvalue weighted by Gasteiger charge is -2.24. The van der Waals surface area contributed by atoms with Gasteiger partial charge in [0.15, 0.2) is 5.82 Å². The molecule has 4 fully saturated rings. The topological polar surface area (TPSA) is 60.1 Å². The van der Waals surface area contributed by atoms with Gasteiger partial charge in [-0.3, -0.25) is 0 Å². The highest BCUT2D eigenvalue weighted by Crippen LogP contribution is 2.41. The maximum Gasteiger partial charge on any atom is 0.156 e. The van der Waals surface area contributed by atoms with Crippen LogP contribution < -0.4 is 10.2 Å². The molecule has 32 heavy (non-hydrogen) atoms. The Morgan fingerprint density at radius 2 is 1.88 bits per heavy atom. The SMILES string of the molecule is Cc1[nH]c(-c2cccc(N3CCC(NC[C@@H]4CCN(C5CCCC5)C4)C3)n2)nc1C1CC1. The molecule has 2 aromatic rings. The van der Waals surface area contributed by atoms with Crippen molar-refractivity contribution in [3.05, 3.63) is 29.6 Å². The number of aromatic amines is 1. The molecule has 2 saturated carbocycles. The van der Waals surface area contributed by atoms with Crippen molar-refractivity contribution in [2.24, 2.45) is 5.92 Å². The summed E-state index contributed by atoms with van der Waals surface area (Å²) in [7, 11) is 0. The summed E-state index contributed by atoms with van der Waals surface area (Å²) < 4.78 is 0. The zero-order valence-electron chi connectivity index (χ0n) is 19.5. The fraction of sp³-hybridized carbons (Fsp3) is 0.692. The Kier molecular flexibility index (Phi) is 5.68. The van der Waals surface area contributed by atoms with Crippen molar-refractivity contribution >= 4 is 5.82 Å². The third kappa shape index (κ3) is 4.32. The number of imidazole rings is 1. The van der Waals surface area contributed by atoms with Crippen LogP contribution in [-0.4, -0.2) is 64.7 Å². The van der Waals surface area contributed by atoms with Crippen molar-refractivity contribution in [1.29, 1.82) is 0 Å². The number of pyridine rings is 1. The van der Waals surface area contributed by atoms with Crippen LogP contribution in [0.5, 0.6) is 0 Å². The quantitative estimate of drug-likeness (QED) is 0.687. The predicted molar refractivity (Wildman–Crippen MR) is 129 cm³/mol. The van der Waals surface area contributed by atoms with Crippen molar-refractivity contribution in [1.82, 2.24) is 25.2 Å². The number of hydrogen-bond donors (Lipinski definition) is 2. The zero-order chi connectivity index (χ0) is 21.5. The van der Waals surface area contributed by atoms with Crippen LogP contribution in [0.3, 0.4) is 0 Å². The molecule has 6 nitrogen and oxygen atoms in total. The molecule has 2 saturated heterocycles. The molecule has 2 aromatic heterocycles. The summed E-state index contributed by atoms with van der Waals surface area (Å²) in [5.74, 6) is 3.50. The second-order valence-electron chi connectivity index (χ2n) is 10.7. The van der Waals surface area contributed by atoms with E-state index in [-0.39, 0.29) is 0 Å². The van der Waals surface area contributed by atoms with Gasteiger partial charge in [-0.05, 0) is 76.6 Å². The summed E-state index contributed by atoms with van der Waals surface area (Å²) in [6, 6.07) is 7.83. The van der Waals surface area contributed by atoms with Gasteiger partial charge in [-0.2, -0.15) is 0 Å². The van der Waals surface area contributed by atoms with E-state index in [1.165, 1.54) is 82.4 Å². The van der Waals surface area contributed by atoms with Crippen LogP contribution >= 0.6 is 0 Å². The minimum atomic E-state index is 0.577. The summed E-state index contributed by atoms with van der Waals surface area (Å²) in [6.07, 6.45) is 10.9. The molecule has 0 radical (unpaired) electrons. The van der Waals surface area contributed by atoms with Crippen LogP contribution in [0.4, 0.5) is 5.82 Å². The van der Waals surface area contributed by atoms with E-state index in [2.05, 4.69) is 45.2 Å². The fourth-order valence-electron chi connectivity index (χ4n) is 6.18. The molecular formula is C26H38N6. The van der Waals surface area contributed by atoms with Crippen molar-refractivity contribution in [2.75, 3.05) is 37.6 Å². The highest BCUT2D eigenvalue weighted by molar-refractivity contribution is 5.56. The number of anilines is 1. The van der Waals surface area contributed by atoms with E-state index >= 15 is 0 Å². The molecule has 0 spiro atoms. The Bertz CT molecular complexity index is 928. The standard InChI is InChI=1S/C26H38N6/c1-18-25(20-9-10-20)30-26(28-18)23-7-4-8-24(29-23)32-14-12-21(17-32)27-15-19-11-13-31(16-19)22-5-2-3-6-22/h4,7-8,19-22,27H,2-3,5-6,9-17H2,1H3,(H,28,30)/t19-,21?/m0/s1. The molecule has 172 valence electrons. The number of H-pyrrole nitrogens is 1. The summed E-state index contributed by atoms with van der Waals surface area (Å²) in [5, 5.41) is 3.90. The maximum atomic E-state index is 4.98. The molecule has 0 aromatic carbocycles. The van der Waals surface area contributed by atoms with Gasteiger partial charge >= 0.3 is 0 Å². The van der Waals surface area contributed by atoms with Crippen molar-refractivity contribution in [2.45, 2.75) is 76.3 Å². The van der Waals surface area contributed by atoms with E-state index in [9.17, 15) is 0 Å². The number of aromatic nitrogens is 3. The van der Waals surface area contributed by atoms with E-state index in [0.717, 1.165) is 42.4 Å². The molecule has 2 aliphatic heterocycles. The molecular weight excluding hydrogens is 396 g/mol. The van der Waals surface area contributed by atoms with Crippen LogP contribution in [0, 0.1) is 12.8 Å². The Morgan fingerprint density at radius 1 is 1.00 bits per heavy atom. The van der Waals surface area contributed by atoms with Crippen molar-refractivity contribution < 1.29 is 0 Å². The average Bonchev–Trinajstić information content (AvgIpc) is 3.27. The van der Waals surface area contributed by atoms with Gasteiger partial charge in [0.25, 0.3) is 0 Å². The number of hydrogen-bond acceptors (Lipinski definition) is 5. The number of rotatable bonds is 7. The molecule has 2 aliphatic carbocycles. The first-order chi connectivity index (χ1) is 15.7. The normalized spacial score (nSPS) is 27.1. The van der Waals surface area contributed by atoms with Gasteiger partial charge in [-0.25, -0.2) is 9.97 Å². The van der Waals surface area contributed by atoms with Crippen LogP contribution in [-0.2, 0) is 0 Å². The van der Waals surface area contributed by atoms with Gasteiger partial charge in [0.05, 0.1) is 5.69 Å². The van der Waals surface area contributed by atoms with E-state index in [4.69, 9.17) is 9.97 Å². The van der Waals surface area contributed by atoms with Gasteiger partial charge in [-0.15, -0.1) is 0 Å². The summed E-state index contributed by atoms with van der Waals surface area (Å²) in [4.78, 5) is 18.6. The summed E-state index contributed by atoms with van der Waals surface area (Å²) >= 11 is 0. The van der Waals surface area contributed by atoms with Crippen LogP contribution in [0.2, 0.25) is 0 Å². The number of nitrogens with zero attached hydrogens (tertiary/aromatic N) is 4. The molecule has 0 amide bonds. The lowest BCUT2D eigenvalue weighted by atomic mass is 10.1. The third-order valence-corrected chi connectivity index (χ3v) is 8.23. The highest BCUT2D eigenvalue weighted by Gasteiger charge is 2.31. The molecule has 0 bridgehead atoms. The minimum absolute atomic E-state index is 0.577. The first-order valence-electron chi connectivity index (χ1n) is 13.0. The van der Waals surface area contributed by atoms with Gasteiger partial charge < -0.3 is 20.1 Å². The lowest BCUT2D eigenvalue weighted by molar-refractivity contribution is 0.236. The second-order valence-corrected chi connectivity index (χ2v) is 10.7. The van der Waals surface area contributed by atoms with E-state index < -0.39 is 0 Å². The van der Waals surface area contributed by atoms with E-state index in [1.807, 2.05) is 0 Å². The van der Waals surface area contributed by atoms with Crippen LogP contribution in [0.15, 0.2) is 18.2 Å². The van der Waals surface area contributed by atoms with Gasteiger partial charge in [0.1, 0.15) is 11.5 Å². The zero-order valence-corrected chi connectivity index (χ0v) is 19.5. The van der Waals surface area contributed by atoms with Crippen LogP contribution in [0.25, 0.3) is 11.5 Å². The molecule has 2 atom stereocenters. The largest absolute Gasteiger partial charge is 0.355 e. The first-order valence-corrected chi connectivity index (χ1v) is 13.0. The van der Waals surface area contributed by atoms with E-state index in [0.29, 0.717) is 12.0 Å². The summed E-state index contributed by atoms with van der Waals surface area (Å²) in [6.45, 7) is 8.08. The average molecular weight is 435 g/mol.